The summed E-state index contributed by atoms with van der Waals surface area (Å²) in [6.45, 7) is 18.7. The minimum absolute atomic E-state index is 0.0457. The fraction of sp³-hybridized carbons (Fsp3) is 0.458. The van der Waals surface area contributed by atoms with E-state index in [1.807, 2.05) is 85.7 Å². The van der Waals surface area contributed by atoms with Crippen LogP contribution in [0.1, 0.15) is 59.7 Å². The number of hydrogen-bond acceptors (Lipinski definition) is 2. The van der Waals surface area contributed by atoms with Gasteiger partial charge in [0.1, 0.15) is 5.65 Å². The van der Waals surface area contributed by atoms with E-state index in [0.717, 1.165) is 34.7 Å². The van der Waals surface area contributed by atoms with E-state index in [-0.39, 0.29) is 5.43 Å². The lowest BCUT2D eigenvalue weighted by Gasteiger charge is -2.13. The van der Waals surface area contributed by atoms with Crippen molar-refractivity contribution in [3.63, 3.8) is 0 Å². The molecule has 0 atom stereocenters. The molecule has 1 aromatic carbocycles. The van der Waals surface area contributed by atoms with E-state index in [2.05, 4.69) is 16.5 Å². The van der Waals surface area contributed by atoms with E-state index in [1.165, 1.54) is 0 Å². The number of H-pyrrole nitrogens is 1. The minimum atomic E-state index is -0.0457. The number of ether oxygens (including phenoxy) is 1. The molecule has 0 saturated carbocycles. The fourth-order valence-electron chi connectivity index (χ4n) is 3.15. The Balaban J connectivity index is 0.00000111. The number of nitrogens with zero attached hydrogens (tertiary/aromatic N) is 1. The van der Waals surface area contributed by atoms with Crippen LogP contribution in [0.15, 0.2) is 35.1 Å². The lowest BCUT2D eigenvalue weighted by molar-refractivity contribution is 0.402. The second kappa shape index (κ2) is 12.8. The van der Waals surface area contributed by atoms with Crippen LogP contribution in [0.5, 0.6) is 5.75 Å². The summed E-state index contributed by atoms with van der Waals surface area (Å²) in [6, 6.07) is 10.1. The van der Waals surface area contributed by atoms with Crippen LogP contribution < -0.4 is 10.2 Å². The largest absolute Gasteiger partial charge is 0.491 e. The molecule has 0 unspecified atom stereocenters. The molecule has 156 valence electrons. The number of aryl methyl sites for hydroxylation is 2. The van der Waals surface area contributed by atoms with E-state index in [1.54, 1.807) is 7.11 Å². The predicted molar refractivity (Wildman–Crippen MR) is 124 cm³/mol. The topological polar surface area (TPSA) is 47.0 Å². The monoisotopic (exact) mass is 386 g/mol. The summed E-state index contributed by atoms with van der Waals surface area (Å²) in [5.74, 6) is 0.427. The van der Waals surface area contributed by atoms with E-state index >= 15 is 0 Å². The highest BCUT2D eigenvalue weighted by Gasteiger charge is 2.20. The van der Waals surface area contributed by atoms with Gasteiger partial charge in [-0.15, -0.1) is 0 Å². The van der Waals surface area contributed by atoms with Gasteiger partial charge >= 0.3 is 0 Å². The van der Waals surface area contributed by atoms with E-state index in [0.29, 0.717) is 11.1 Å². The van der Waals surface area contributed by atoms with Gasteiger partial charge in [0.05, 0.1) is 23.9 Å². The Morgan fingerprint density at radius 2 is 1.50 bits per heavy atom. The highest BCUT2D eigenvalue weighted by molar-refractivity contribution is 5.89. The van der Waals surface area contributed by atoms with Crippen LogP contribution in [0.25, 0.3) is 22.3 Å². The molecule has 4 nitrogen and oxygen atoms in total. The zero-order valence-electron chi connectivity index (χ0n) is 19.4. The Hall–Kier alpha value is -2.49. The molecule has 3 rings (SSSR count). The molecule has 0 radical (unpaired) electrons. The standard InChI is InChI=1S/C18H20N2O2.3C2H6/c1-5-20-12(3)17(22-4)16(21)14-11(2)15(19-18(14)20)13-9-7-6-8-10-13;3*1-2/h6-10,19H,5H2,1-4H3;3*1-2H3. The first-order chi connectivity index (χ1) is 13.6. The predicted octanol–water partition coefficient (Wildman–Crippen LogP) is 6.72. The number of hydrogen-bond donors (Lipinski definition) is 1. The number of benzene rings is 1. The third-order valence-corrected chi connectivity index (χ3v) is 4.25. The lowest BCUT2D eigenvalue weighted by atomic mass is 10.1. The van der Waals surface area contributed by atoms with Gasteiger partial charge < -0.3 is 14.3 Å². The average molecular weight is 387 g/mol. The number of fused-ring (bicyclic) bond motifs is 1. The maximum atomic E-state index is 12.8. The average Bonchev–Trinajstić information content (AvgIpc) is 3.11. The summed E-state index contributed by atoms with van der Waals surface area (Å²) in [4.78, 5) is 16.2. The normalized spacial score (nSPS) is 9.36. The first kappa shape index (κ1) is 25.5. The van der Waals surface area contributed by atoms with Gasteiger partial charge in [-0.3, -0.25) is 4.79 Å². The molecule has 0 saturated heterocycles. The molecule has 0 bridgehead atoms. The zero-order chi connectivity index (χ0) is 21.9. The molecule has 2 aromatic heterocycles. The number of aromatic nitrogens is 2. The van der Waals surface area contributed by atoms with Gasteiger partial charge in [-0.25, -0.2) is 0 Å². The van der Waals surface area contributed by atoms with E-state index in [9.17, 15) is 4.79 Å². The quantitative estimate of drug-likeness (QED) is 0.543. The number of nitrogens with one attached hydrogen (secondary N) is 1. The molecule has 0 fully saturated rings. The molecule has 0 spiro atoms. The van der Waals surface area contributed by atoms with Crippen molar-refractivity contribution >= 4 is 11.0 Å². The molecule has 4 heteroatoms. The molecule has 0 aliphatic rings. The highest BCUT2D eigenvalue weighted by atomic mass is 16.5. The second-order valence-electron chi connectivity index (χ2n) is 5.41. The van der Waals surface area contributed by atoms with E-state index < -0.39 is 0 Å². The van der Waals surface area contributed by atoms with Gasteiger partial charge in [0.25, 0.3) is 0 Å². The van der Waals surface area contributed by atoms with Crippen LogP contribution in [-0.4, -0.2) is 16.7 Å². The minimum Gasteiger partial charge on any atom is -0.491 e. The van der Waals surface area contributed by atoms with Crippen LogP contribution in [-0.2, 0) is 6.54 Å². The van der Waals surface area contributed by atoms with Gasteiger partial charge in [0, 0.05) is 6.54 Å². The molecule has 1 N–H and O–H groups in total. The van der Waals surface area contributed by atoms with Crippen molar-refractivity contribution in [2.45, 2.75) is 68.9 Å². The van der Waals surface area contributed by atoms with Crippen LogP contribution in [0.4, 0.5) is 0 Å². The van der Waals surface area contributed by atoms with Crippen molar-refractivity contribution in [2.24, 2.45) is 0 Å². The fourth-order valence-corrected chi connectivity index (χ4v) is 3.15. The zero-order valence-corrected chi connectivity index (χ0v) is 19.4. The molecule has 3 aromatic rings. The lowest BCUT2D eigenvalue weighted by Crippen LogP contribution is -2.15. The maximum absolute atomic E-state index is 12.8. The molecule has 0 amide bonds. The molecule has 0 aliphatic heterocycles. The van der Waals surface area contributed by atoms with Crippen LogP contribution >= 0.6 is 0 Å². The van der Waals surface area contributed by atoms with Gasteiger partial charge in [-0.05, 0) is 31.9 Å². The summed E-state index contributed by atoms with van der Waals surface area (Å²) in [5.41, 5.74) is 4.70. The van der Waals surface area contributed by atoms with Crippen molar-refractivity contribution < 1.29 is 4.74 Å². The number of aromatic amines is 1. The highest BCUT2D eigenvalue weighted by Crippen LogP contribution is 2.30. The Morgan fingerprint density at radius 1 is 0.964 bits per heavy atom. The Bertz CT molecular complexity index is 891. The number of methoxy groups -OCH3 is 1. The van der Waals surface area contributed by atoms with Gasteiger partial charge in [-0.2, -0.15) is 0 Å². The van der Waals surface area contributed by atoms with Crippen LogP contribution in [0, 0.1) is 13.8 Å². The molecular weight excluding hydrogens is 348 g/mol. The number of pyridine rings is 1. The van der Waals surface area contributed by atoms with Gasteiger partial charge in [0.15, 0.2) is 5.75 Å². The van der Waals surface area contributed by atoms with Gasteiger partial charge in [0.2, 0.25) is 5.43 Å². The smallest absolute Gasteiger partial charge is 0.233 e. The summed E-state index contributed by atoms with van der Waals surface area (Å²) in [7, 11) is 1.55. The first-order valence-electron chi connectivity index (χ1n) is 10.4. The summed E-state index contributed by atoms with van der Waals surface area (Å²) >= 11 is 0. The Kier molecular flexibility index (Phi) is 11.7. The molecule has 0 aliphatic carbocycles. The first-order valence-corrected chi connectivity index (χ1v) is 10.4. The third-order valence-electron chi connectivity index (χ3n) is 4.25. The maximum Gasteiger partial charge on any atom is 0.233 e. The van der Waals surface area contributed by atoms with Crippen molar-refractivity contribution in [1.82, 2.24) is 9.55 Å². The van der Waals surface area contributed by atoms with Crippen molar-refractivity contribution in [3.8, 4) is 17.0 Å². The molecular formula is C24H38N2O2. The van der Waals surface area contributed by atoms with Crippen molar-refractivity contribution in [1.29, 1.82) is 0 Å². The molecule has 2 heterocycles. The van der Waals surface area contributed by atoms with Crippen molar-refractivity contribution in [2.75, 3.05) is 7.11 Å². The van der Waals surface area contributed by atoms with Crippen molar-refractivity contribution in [3.05, 3.63) is 51.8 Å². The van der Waals surface area contributed by atoms with Gasteiger partial charge in [-0.1, -0.05) is 71.9 Å². The summed E-state index contributed by atoms with van der Waals surface area (Å²) < 4.78 is 7.44. The SMILES string of the molecule is CC.CC.CC.CCn1c(C)c(OC)c(=O)c2c(C)c(-c3ccccc3)[nH]c21. The Labute approximate surface area is 170 Å². The van der Waals surface area contributed by atoms with Crippen LogP contribution in [0.3, 0.4) is 0 Å². The van der Waals surface area contributed by atoms with E-state index in [4.69, 9.17) is 4.74 Å². The third kappa shape index (κ3) is 4.86. The Morgan fingerprint density at radius 3 is 1.96 bits per heavy atom. The second-order valence-corrected chi connectivity index (χ2v) is 5.41. The van der Waals surface area contributed by atoms with Crippen LogP contribution in [0.2, 0.25) is 0 Å². The summed E-state index contributed by atoms with van der Waals surface area (Å²) in [5, 5.41) is 0.711. The molecule has 28 heavy (non-hydrogen) atoms. The number of rotatable bonds is 3. The summed E-state index contributed by atoms with van der Waals surface area (Å²) in [6.07, 6.45) is 0.